The molecular formula is C25H24N2O. The van der Waals surface area contributed by atoms with Crippen LogP contribution in [0.4, 0.5) is 0 Å². The zero-order valence-corrected chi connectivity index (χ0v) is 15.9. The highest BCUT2D eigenvalue weighted by Gasteiger charge is 2.33. The minimum atomic E-state index is 0.148. The zero-order chi connectivity index (χ0) is 18.9. The maximum absolute atomic E-state index is 12.9. The Balaban J connectivity index is 1.40. The standard InChI is InChI=1S/C25H24N2O/c28-25(19-9-2-1-3-10-19)27-16-8-15-26(17-18-27)24-22-13-6-4-11-20(22)21-12-5-7-14-23(21)24/h1-7,9-14,24H,8,15-18H2. The third-order valence-corrected chi connectivity index (χ3v) is 6.00. The highest BCUT2D eigenvalue weighted by Crippen LogP contribution is 2.46. The lowest BCUT2D eigenvalue weighted by atomic mass is 10.0. The Labute approximate surface area is 166 Å². The highest BCUT2D eigenvalue weighted by atomic mass is 16.2. The number of amides is 1. The van der Waals surface area contributed by atoms with Gasteiger partial charge in [-0.15, -0.1) is 0 Å². The molecule has 0 atom stereocenters. The average molecular weight is 368 g/mol. The predicted octanol–water partition coefficient (Wildman–Crippen LogP) is 4.60. The molecule has 3 aromatic carbocycles. The highest BCUT2D eigenvalue weighted by molar-refractivity contribution is 5.94. The van der Waals surface area contributed by atoms with Gasteiger partial charge in [-0.3, -0.25) is 9.69 Å². The number of hydrogen-bond donors (Lipinski definition) is 0. The average Bonchev–Trinajstić information content (AvgIpc) is 2.90. The molecule has 1 saturated heterocycles. The normalized spacial score (nSPS) is 17.1. The molecule has 0 N–H and O–H groups in total. The first-order valence-corrected chi connectivity index (χ1v) is 10.1. The molecule has 0 radical (unpaired) electrons. The van der Waals surface area contributed by atoms with Crippen molar-refractivity contribution >= 4 is 5.91 Å². The smallest absolute Gasteiger partial charge is 0.253 e. The fourth-order valence-electron chi connectivity index (χ4n) is 4.68. The van der Waals surface area contributed by atoms with Crippen molar-refractivity contribution in [2.24, 2.45) is 0 Å². The van der Waals surface area contributed by atoms with E-state index in [4.69, 9.17) is 0 Å². The molecule has 1 aliphatic carbocycles. The molecule has 3 nitrogen and oxygen atoms in total. The summed E-state index contributed by atoms with van der Waals surface area (Å²) < 4.78 is 0. The fourth-order valence-corrected chi connectivity index (χ4v) is 4.68. The minimum absolute atomic E-state index is 0.148. The van der Waals surface area contributed by atoms with Crippen LogP contribution in [0.15, 0.2) is 78.9 Å². The SMILES string of the molecule is O=C(c1ccccc1)N1CCCN(C2c3ccccc3-c3ccccc32)CC1. The second-order valence-corrected chi connectivity index (χ2v) is 7.62. The molecule has 3 heteroatoms. The molecule has 0 unspecified atom stereocenters. The molecule has 0 spiro atoms. The number of nitrogens with zero attached hydrogens (tertiary/aromatic N) is 2. The monoisotopic (exact) mass is 368 g/mol. The van der Waals surface area contributed by atoms with Gasteiger partial charge in [0.05, 0.1) is 6.04 Å². The van der Waals surface area contributed by atoms with Gasteiger partial charge < -0.3 is 4.90 Å². The first-order chi connectivity index (χ1) is 13.8. The van der Waals surface area contributed by atoms with E-state index in [1.54, 1.807) is 0 Å². The van der Waals surface area contributed by atoms with Crippen molar-refractivity contribution < 1.29 is 4.79 Å². The van der Waals surface area contributed by atoms with Crippen LogP contribution in [0.1, 0.15) is 33.9 Å². The van der Waals surface area contributed by atoms with Gasteiger partial charge in [0.2, 0.25) is 0 Å². The Bertz CT molecular complexity index is 953. The van der Waals surface area contributed by atoms with Crippen molar-refractivity contribution in [1.29, 1.82) is 0 Å². The molecule has 0 bridgehead atoms. The summed E-state index contributed by atoms with van der Waals surface area (Å²) in [6, 6.07) is 27.5. The van der Waals surface area contributed by atoms with Gasteiger partial charge >= 0.3 is 0 Å². The van der Waals surface area contributed by atoms with Crippen LogP contribution in [0.3, 0.4) is 0 Å². The van der Waals surface area contributed by atoms with Gasteiger partial charge in [0.15, 0.2) is 0 Å². The number of carbonyl (C=O) groups is 1. The molecule has 1 amide bonds. The molecule has 0 aromatic heterocycles. The van der Waals surface area contributed by atoms with E-state index in [1.807, 2.05) is 35.2 Å². The van der Waals surface area contributed by atoms with Crippen molar-refractivity contribution in [3.63, 3.8) is 0 Å². The Kier molecular flexibility index (Phi) is 4.46. The summed E-state index contributed by atoms with van der Waals surface area (Å²) >= 11 is 0. The number of carbonyl (C=O) groups excluding carboxylic acids is 1. The zero-order valence-electron chi connectivity index (χ0n) is 15.9. The lowest BCUT2D eigenvalue weighted by Crippen LogP contribution is -2.36. The van der Waals surface area contributed by atoms with Gasteiger partial charge in [0.1, 0.15) is 0 Å². The van der Waals surface area contributed by atoms with E-state index in [-0.39, 0.29) is 5.91 Å². The van der Waals surface area contributed by atoms with Gasteiger partial charge in [-0.25, -0.2) is 0 Å². The Hall–Kier alpha value is -2.91. The molecule has 1 aliphatic heterocycles. The molecular weight excluding hydrogens is 344 g/mol. The molecule has 1 fully saturated rings. The van der Waals surface area contributed by atoms with Crippen LogP contribution in [-0.2, 0) is 0 Å². The van der Waals surface area contributed by atoms with Crippen LogP contribution in [0.25, 0.3) is 11.1 Å². The van der Waals surface area contributed by atoms with Crippen LogP contribution in [0.5, 0.6) is 0 Å². The first-order valence-electron chi connectivity index (χ1n) is 10.1. The summed E-state index contributed by atoms with van der Waals surface area (Å²) in [6.45, 7) is 3.49. The van der Waals surface area contributed by atoms with Gasteiger partial charge in [-0.1, -0.05) is 66.7 Å². The number of fused-ring (bicyclic) bond motifs is 3. The van der Waals surface area contributed by atoms with Crippen LogP contribution in [0, 0.1) is 0 Å². The Morgan fingerprint density at radius 3 is 1.96 bits per heavy atom. The summed E-state index contributed by atoms with van der Waals surface area (Å²) in [7, 11) is 0. The van der Waals surface area contributed by atoms with Crippen molar-refractivity contribution in [1.82, 2.24) is 9.80 Å². The van der Waals surface area contributed by atoms with E-state index in [9.17, 15) is 4.79 Å². The molecule has 28 heavy (non-hydrogen) atoms. The molecule has 140 valence electrons. The number of benzene rings is 3. The van der Waals surface area contributed by atoms with E-state index in [0.29, 0.717) is 6.04 Å². The summed E-state index contributed by atoms with van der Waals surface area (Å²) in [5.74, 6) is 0.148. The molecule has 3 aromatic rings. The van der Waals surface area contributed by atoms with Crippen LogP contribution in [0.2, 0.25) is 0 Å². The maximum atomic E-state index is 12.9. The number of hydrogen-bond acceptors (Lipinski definition) is 2. The van der Waals surface area contributed by atoms with Gasteiger partial charge in [0.25, 0.3) is 5.91 Å². The summed E-state index contributed by atoms with van der Waals surface area (Å²) in [5.41, 5.74) is 6.28. The third kappa shape index (κ3) is 2.92. The van der Waals surface area contributed by atoms with Crippen LogP contribution < -0.4 is 0 Å². The first kappa shape index (κ1) is 17.2. The second-order valence-electron chi connectivity index (χ2n) is 7.62. The molecule has 5 rings (SSSR count). The quantitative estimate of drug-likeness (QED) is 0.660. The summed E-state index contributed by atoms with van der Waals surface area (Å²) in [4.78, 5) is 17.5. The van der Waals surface area contributed by atoms with E-state index >= 15 is 0 Å². The van der Waals surface area contributed by atoms with Gasteiger partial charge in [-0.2, -0.15) is 0 Å². The Morgan fingerprint density at radius 2 is 1.29 bits per heavy atom. The summed E-state index contributed by atoms with van der Waals surface area (Å²) in [6.07, 6.45) is 0.999. The van der Waals surface area contributed by atoms with Gasteiger partial charge in [0, 0.05) is 31.7 Å². The van der Waals surface area contributed by atoms with Crippen molar-refractivity contribution in [2.45, 2.75) is 12.5 Å². The molecule has 0 saturated carbocycles. The molecule has 2 aliphatic rings. The van der Waals surface area contributed by atoms with E-state index < -0.39 is 0 Å². The van der Waals surface area contributed by atoms with Crippen molar-refractivity contribution in [3.05, 3.63) is 95.6 Å². The summed E-state index contributed by atoms with van der Waals surface area (Å²) in [5, 5.41) is 0. The van der Waals surface area contributed by atoms with Gasteiger partial charge in [-0.05, 0) is 40.8 Å². The van der Waals surface area contributed by atoms with E-state index in [2.05, 4.69) is 53.4 Å². The van der Waals surface area contributed by atoms with Crippen LogP contribution >= 0.6 is 0 Å². The minimum Gasteiger partial charge on any atom is -0.337 e. The van der Waals surface area contributed by atoms with Crippen molar-refractivity contribution in [3.8, 4) is 11.1 Å². The largest absolute Gasteiger partial charge is 0.337 e. The van der Waals surface area contributed by atoms with Crippen molar-refractivity contribution in [2.75, 3.05) is 26.2 Å². The number of rotatable bonds is 2. The predicted molar refractivity (Wildman–Crippen MR) is 112 cm³/mol. The van der Waals surface area contributed by atoms with Crippen LogP contribution in [-0.4, -0.2) is 41.9 Å². The topological polar surface area (TPSA) is 23.6 Å². The second kappa shape index (κ2) is 7.25. The maximum Gasteiger partial charge on any atom is 0.253 e. The van der Waals surface area contributed by atoms with E-state index in [1.165, 1.54) is 22.3 Å². The molecule has 1 heterocycles. The Morgan fingerprint density at radius 1 is 0.679 bits per heavy atom. The van der Waals surface area contributed by atoms with E-state index in [0.717, 1.165) is 38.2 Å². The fraction of sp³-hybridized carbons (Fsp3) is 0.240. The lowest BCUT2D eigenvalue weighted by molar-refractivity contribution is 0.0759. The third-order valence-electron chi connectivity index (χ3n) is 6.00. The lowest BCUT2D eigenvalue weighted by Gasteiger charge is -2.29.